The molecule has 2 fully saturated rings. The van der Waals surface area contributed by atoms with Gasteiger partial charge in [0, 0.05) is 38.0 Å². The van der Waals surface area contributed by atoms with Gasteiger partial charge in [0.25, 0.3) is 0 Å². The van der Waals surface area contributed by atoms with Crippen molar-refractivity contribution in [2.75, 3.05) is 37.7 Å². The van der Waals surface area contributed by atoms with Gasteiger partial charge in [0.2, 0.25) is 5.91 Å². The Kier molecular flexibility index (Phi) is 6.93. The highest BCUT2D eigenvalue weighted by Crippen LogP contribution is 2.22. The van der Waals surface area contributed by atoms with Crippen molar-refractivity contribution in [2.45, 2.75) is 57.7 Å². The predicted molar refractivity (Wildman–Crippen MR) is 112 cm³/mol. The van der Waals surface area contributed by atoms with Gasteiger partial charge in [-0.2, -0.15) is 0 Å². The van der Waals surface area contributed by atoms with Gasteiger partial charge in [0.05, 0.1) is 6.54 Å². The van der Waals surface area contributed by atoms with Crippen molar-refractivity contribution in [2.24, 2.45) is 5.73 Å². The second-order valence-corrected chi connectivity index (χ2v) is 8.87. The maximum absolute atomic E-state index is 12.7. The van der Waals surface area contributed by atoms with Crippen molar-refractivity contribution >= 4 is 17.6 Å². The maximum Gasteiger partial charge on any atom is 0.323 e. The quantitative estimate of drug-likeness (QED) is 0.754. The summed E-state index contributed by atoms with van der Waals surface area (Å²) < 4.78 is 10.8. The molecule has 29 heavy (non-hydrogen) atoms. The van der Waals surface area contributed by atoms with E-state index in [0.29, 0.717) is 25.6 Å². The standard InChI is InChI=1S/C22H33N3O4/c1-22(2,3)29-21(27)19(23)14-16-4-6-18(7-5-16)25-11-10-24(15-20(25)26)17-8-12-28-13-9-17/h4-7,17,19H,8-15,23H2,1-3H3/t19-/m0/s1. The average molecular weight is 404 g/mol. The highest BCUT2D eigenvalue weighted by molar-refractivity contribution is 5.95. The maximum atomic E-state index is 12.7. The van der Waals surface area contributed by atoms with Crippen LogP contribution in [0.4, 0.5) is 5.69 Å². The minimum atomic E-state index is -0.704. The Morgan fingerprint density at radius 2 is 1.86 bits per heavy atom. The molecule has 0 saturated carbocycles. The minimum absolute atomic E-state index is 0.126. The lowest BCUT2D eigenvalue weighted by atomic mass is 10.0. The zero-order valence-corrected chi connectivity index (χ0v) is 17.7. The fourth-order valence-electron chi connectivity index (χ4n) is 3.85. The number of hydrogen-bond acceptors (Lipinski definition) is 6. The summed E-state index contributed by atoms with van der Waals surface area (Å²) in [7, 11) is 0. The van der Waals surface area contributed by atoms with Crippen LogP contribution < -0.4 is 10.6 Å². The van der Waals surface area contributed by atoms with Crippen molar-refractivity contribution in [1.29, 1.82) is 0 Å². The molecule has 2 aliphatic heterocycles. The number of hydrogen-bond donors (Lipinski definition) is 1. The van der Waals surface area contributed by atoms with Crippen LogP contribution in [-0.4, -0.2) is 67.3 Å². The van der Waals surface area contributed by atoms with Crippen LogP contribution >= 0.6 is 0 Å². The van der Waals surface area contributed by atoms with E-state index in [1.165, 1.54) is 0 Å². The Morgan fingerprint density at radius 1 is 1.21 bits per heavy atom. The Hall–Kier alpha value is -1.96. The van der Waals surface area contributed by atoms with Gasteiger partial charge in [-0.05, 0) is 57.7 Å². The van der Waals surface area contributed by atoms with Crippen LogP contribution in [-0.2, 0) is 25.5 Å². The van der Waals surface area contributed by atoms with Gasteiger partial charge in [-0.15, -0.1) is 0 Å². The first-order valence-corrected chi connectivity index (χ1v) is 10.4. The number of benzene rings is 1. The topological polar surface area (TPSA) is 85.1 Å². The molecule has 1 amide bonds. The number of carbonyl (C=O) groups is 2. The number of ether oxygens (including phenoxy) is 2. The van der Waals surface area contributed by atoms with Crippen LogP contribution in [0.2, 0.25) is 0 Å². The number of piperazine rings is 1. The van der Waals surface area contributed by atoms with E-state index in [1.54, 1.807) is 0 Å². The summed E-state index contributed by atoms with van der Waals surface area (Å²) >= 11 is 0. The molecule has 0 aromatic heterocycles. The molecule has 0 aliphatic carbocycles. The molecule has 1 aromatic rings. The predicted octanol–water partition coefficient (Wildman–Crippen LogP) is 1.73. The first-order chi connectivity index (χ1) is 13.7. The summed E-state index contributed by atoms with van der Waals surface area (Å²) in [5.74, 6) is -0.276. The molecule has 7 nitrogen and oxygen atoms in total. The number of rotatable bonds is 5. The molecule has 3 rings (SSSR count). The van der Waals surface area contributed by atoms with Gasteiger partial charge < -0.3 is 20.1 Å². The molecule has 2 aliphatic rings. The summed E-state index contributed by atoms with van der Waals surface area (Å²) in [4.78, 5) is 28.9. The van der Waals surface area contributed by atoms with Crippen LogP contribution in [0, 0.1) is 0 Å². The zero-order valence-electron chi connectivity index (χ0n) is 17.7. The van der Waals surface area contributed by atoms with Crippen molar-refractivity contribution in [1.82, 2.24) is 4.90 Å². The lowest BCUT2D eigenvalue weighted by molar-refractivity contribution is -0.156. The Labute approximate surface area is 173 Å². The van der Waals surface area contributed by atoms with Crippen LogP contribution in [0.1, 0.15) is 39.2 Å². The molecule has 2 heterocycles. The van der Waals surface area contributed by atoms with Crippen molar-refractivity contribution in [3.8, 4) is 0 Å². The molecule has 2 saturated heterocycles. The van der Waals surface area contributed by atoms with Crippen molar-refractivity contribution < 1.29 is 19.1 Å². The molecule has 1 atom stereocenters. The summed E-state index contributed by atoms with van der Waals surface area (Å²) in [6.07, 6.45) is 2.40. The van der Waals surface area contributed by atoms with Gasteiger partial charge in [0.1, 0.15) is 11.6 Å². The highest BCUT2D eigenvalue weighted by Gasteiger charge is 2.30. The monoisotopic (exact) mass is 403 g/mol. The molecule has 2 N–H and O–H groups in total. The Balaban J connectivity index is 1.55. The third-order valence-electron chi connectivity index (χ3n) is 5.37. The minimum Gasteiger partial charge on any atom is -0.459 e. The fourth-order valence-corrected chi connectivity index (χ4v) is 3.85. The number of nitrogens with zero attached hydrogens (tertiary/aromatic N) is 2. The Bertz CT molecular complexity index is 708. The van der Waals surface area contributed by atoms with Gasteiger partial charge in [-0.3, -0.25) is 14.5 Å². The van der Waals surface area contributed by atoms with E-state index in [4.69, 9.17) is 15.2 Å². The largest absolute Gasteiger partial charge is 0.459 e. The molecular weight excluding hydrogens is 370 g/mol. The molecule has 0 radical (unpaired) electrons. The van der Waals surface area contributed by atoms with Crippen LogP contribution in [0.5, 0.6) is 0 Å². The van der Waals surface area contributed by atoms with Gasteiger partial charge in [-0.25, -0.2) is 0 Å². The van der Waals surface area contributed by atoms with E-state index in [2.05, 4.69) is 4.90 Å². The van der Waals surface area contributed by atoms with E-state index in [9.17, 15) is 9.59 Å². The van der Waals surface area contributed by atoms with Crippen molar-refractivity contribution in [3.05, 3.63) is 29.8 Å². The third kappa shape index (κ3) is 6.01. The van der Waals surface area contributed by atoms with E-state index in [-0.39, 0.29) is 5.91 Å². The van der Waals surface area contributed by atoms with Crippen LogP contribution in [0.25, 0.3) is 0 Å². The highest BCUT2D eigenvalue weighted by atomic mass is 16.6. The van der Waals surface area contributed by atoms with Crippen LogP contribution in [0.3, 0.4) is 0 Å². The van der Waals surface area contributed by atoms with Gasteiger partial charge in [0.15, 0.2) is 0 Å². The third-order valence-corrected chi connectivity index (χ3v) is 5.37. The second-order valence-electron chi connectivity index (χ2n) is 8.87. The fraction of sp³-hybridized carbons (Fsp3) is 0.636. The van der Waals surface area contributed by atoms with E-state index in [0.717, 1.165) is 43.9 Å². The molecule has 1 aromatic carbocycles. The number of esters is 1. The summed E-state index contributed by atoms with van der Waals surface area (Å²) in [5.41, 5.74) is 7.27. The molecule has 7 heteroatoms. The Morgan fingerprint density at radius 3 is 2.45 bits per heavy atom. The number of carbonyl (C=O) groups excluding carboxylic acids is 2. The normalized spacial score (nSPS) is 20.6. The first kappa shape index (κ1) is 21.7. The first-order valence-electron chi connectivity index (χ1n) is 10.4. The number of nitrogens with two attached hydrogens (primary N) is 1. The van der Waals surface area contributed by atoms with E-state index < -0.39 is 17.6 Å². The molecule has 0 unspecified atom stereocenters. The number of amides is 1. The van der Waals surface area contributed by atoms with Gasteiger partial charge >= 0.3 is 5.97 Å². The zero-order chi connectivity index (χ0) is 21.0. The van der Waals surface area contributed by atoms with Gasteiger partial charge in [-0.1, -0.05) is 12.1 Å². The number of anilines is 1. The molecule has 160 valence electrons. The second kappa shape index (κ2) is 9.24. The smallest absolute Gasteiger partial charge is 0.323 e. The SMILES string of the molecule is CC(C)(C)OC(=O)[C@@H](N)Cc1ccc(N2CCN(C3CCOCC3)CC2=O)cc1. The lowest BCUT2D eigenvalue weighted by Crippen LogP contribution is -2.54. The summed E-state index contributed by atoms with van der Waals surface area (Å²) in [5, 5.41) is 0. The van der Waals surface area contributed by atoms with Crippen molar-refractivity contribution in [3.63, 3.8) is 0 Å². The molecular formula is C22H33N3O4. The lowest BCUT2D eigenvalue weighted by Gasteiger charge is -2.40. The summed E-state index contributed by atoms with van der Waals surface area (Å²) in [6, 6.07) is 7.46. The molecule has 0 spiro atoms. The van der Waals surface area contributed by atoms with Crippen LogP contribution in [0.15, 0.2) is 24.3 Å². The molecule has 0 bridgehead atoms. The van der Waals surface area contributed by atoms with E-state index >= 15 is 0 Å². The van der Waals surface area contributed by atoms with E-state index in [1.807, 2.05) is 49.9 Å². The average Bonchev–Trinajstić information content (AvgIpc) is 2.68. The summed E-state index contributed by atoms with van der Waals surface area (Å²) in [6.45, 7) is 9.06.